The lowest BCUT2D eigenvalue weighted by Gasteiger charge is -2.33. The smallest absolute Gasteiger partial charge is 0.349 e. The lowest BCUT2D eigenvalue weighted by molar-refractivity contribution is -0.194. The molecule has 0 saturated carbocycles. The maximum absolute atomic E-state index is 11.8. The first-order valence-corrected chi connectivity index (χ1v) is 9.67. The number of hydroxylamine groups is 4. The van der Waals surface area contributed by atoms with Crippen molar-refractivity contribution >= 4 is 11.9 Å². The van der Waals surface area contributed by atoms with Crippen molar-refractivity contribution in [2.24, 2.45) is 0 Å². The van der Waals surface area contributed by atoms with E-state index in [1.165, 1.54) is 0 Å². The highest BCUT2D eigenvalue weighted by Crippen LogP contribution is 2.05. The number of piperazine rings is 2. The predicted molar refractivity (Wildman–Crippen MR) is 97.9 cm³/mol. The third-order valence-electron chi connectivity index (χ3n) is 4.54. The van der Waals surface area contributed by atoms with Gasteiger partial charge in [-0.15, -0.1) is 10.1 Å². The Kier molecular flexibility index (Phi) is 9.04. The van der Waals surface area contributed by atoms with E-state index >= 15 is 0 Å². The van der Waals surface area contributed by atoms with Gasteiger partial charge >= 0.3 is 11.9 Å². The summed E-state index contributed by atoms with van der Waals surface area (Å²) in [5.74, 6) is -1.09. The van der Waals surface area contributed by atoms with Gasteiger partial charge < -0.3 is 19.5 Å². The van der Waals surface area contributed by atoms with Crippen molar-refractivity contribution < 1.29 is 19.3 Å². The Hall–Kier alpha value is -1.48. The summed E-state index contributed by atoms with van der Waals surface area (Å²) in [6.07, 6.45) is 4.51. The second-order valence-electron chi connectivity index (χ2n) is 6.70. The van der Waals surface area contributed by atoms with Crippen LogP contribution in [0.5, 0.6) is 0 Å². The lowest BCUT2D eigenvalue weighted by atomic mass is 10.3. The summed E-state index contributed by atoms with van der Waals surface area (Å²) in [5, 5.41) is 3.30. The number of carbonyl (C=O) groups is 2. The van der Waals surface area contributed by atoms with E-state index in [2.05, 4.69) is 23.6 Å². The topological polar surface area (TPSA) is 65.6 Å². The Morgan fingerprint density at radius 2 is 1.04 bits per heavy atom. The second-order valence-corrected chi connectivity index (χ2v) is 6.70. The van der Waals surface area contributed by atoms with Crippen LogP contribution in [0.1, 0.15) is 26.7 Å². The number of rotatable bonds is 8. The van der Waals surface area contributed by atoms with Crippen molar-refractivity contribution in [3.63, 3.8) is 0 Å². The van der Waals surface area contributed by atoms with E-state index in [0.29, 0.717) is 26.2 Å². The fourth-order valence-electron chi connectivity index (χ4n) is 3.17. The summed E-state index contributed by atoms with van der Waals surface area (Å²) in [7, 11) is 0. The molecule has 8 heteroatoms. The van der Waals surface area contributed by atoms with Crippen molar-refractivity contribution in [1.82, 2.24) is 19.9 Å². The maximum atomic E-state index is 11.8. The molecule has 0 aromatic carbocycles. The Bertz CT molecular complexity index is 428. The monoisotopic (exact) mass is 368 g/mol. The van der Waals surface area contributed by atoms with Crippen LogP contribution in [0, 0.1) is 0 Å². The van der Waals surface area contributed by atoms with Gasteiger partial charge in [0.2, 0.25) is 0 Å². The van der Waals surface area contributed by atoms with E-state index in [-0.39, 0.29) is 0 Å². The van der Waals surface area contributed by atoms with Crippen LogP contribution >= 0.6 is 0 Å². The molecule has 148 valence electrons. The van der Waals surface area contributed by atoms with Gasteiger partial charge in [-0.05, 0) is 25.9 Å². The Morgan fingerprint density at radius 3 is 1.35 bits per heavy atom. The number of hydrogen-bond donors (Lipinski definition) is 0. The van der Waals surface area contributed by atoms with Gasteiger partial charge in [0.1, 0.15) is 0 Å². The van der Waals surface area contributed by atoms with Crippen molar-refractivity contribution in [1.29, 1.82) is 0 Å². The fraction of sp³-hybridized carbons (Fsp3) is 0.778. The van der Waals surface area contributed by atoms with E-state index in [0.717, 1.165) is 64.3 Å². The molecule has 0 spiro atoms. The Morgan fingerprint density at radius 1 is 0.692 bits per heavy atom. The van der Waals surface area contributed by atoms with E-state index in [4.69, 9.17) is 9.68 Å². The molecular formula is C18H32N4O4. The van der Waals surface area contributed by atoms with E-state index in [1.807, 2.05) is 0 Å². The zero-order chi connectivity index (χ0) is 18.8. The van der Waals surface area contributed by atoms with Gasteiger partial charge in [-0.1, -0.05) is 13.8 Å². The van der Waals surface area contributed by atoms with E-state index in [9.17, 15) is 9.59 Å². The highest BCUT2D eigenvalue weighted by atomic mass is 16.7. The molecule has 2 aliphatic heterocycles. The highest BCUT2D eigenvalue weighted by molar-refractivity contribution is 5.91. The van der Waals surface area contributed by atoms with Gasteiger partial charge in [0.05, 0.1) is 0 Å². The van der Waals surface area contributed by atoms with Crippen molar-refractivity contribution in [2.75, 3.05) is 65.4 Å². The van der Waals surface area contributed by atoms with Crippen molar-refractivity contribution in [3.8, 4) is 0 Å². The highest BCUT2D eigenvalue weighted by Gasteiger charge is 2.20. The summed E-state index contributed by atoms with van der Waals surface area (Å²) in [5.41, 5.74) is 0. The minimum Gasteiger partial charge on any atom is -0.364 e. The van der Waals surface area contributed by atoms with Crippen LogP contribution in [0.15, 0.2) is 12.2 Å². The molecule has 0 aliphatic carbocycles. The van der Waals surface area contributed by atoms with Gasteiger partial charge in [0, 0.05) is 64.5 Å². The SMILES string of the molecule is CCCN1CCN(OC(=O)/C=C/C(=O)ON2CCN(CCC)CC2)CC1. The first-order chi connectivity index (χ1) is 12.6. The van der Waals surface area contributed by atoms with Crippen LogP contribution in [0.2, 0.25) is 0 Å². The molecule has 0 N–H and O–H groups in total. The summed E-state index contributed by atoms with van der Waals surface area (Å²) < 4.78 is 0. The molecule has 0 unspecified atom stereocenters. The van der Waals surface area contributed by atoms with Crippen LogP contribution in [0.4, 0.5) is 0 Å². The molecule has 2 aliphatic rings. The van der Waals surface area contributed by atoms with Crippen LogP contribution in [0.25, 0.3) is 0 Å². The average molecular weight is 368 g/mol. The lowest BCUT2D eigenvalue weighted by Crippen LogP contribution is -2.47. The molecule has 0 radical (unpaired) electrons. The van der Waals surface area contributed by atoms with Crippen LogP contribution < -0.4 is 0 Å². The number of nitrogens with zero attached hydrogens (tertiary/aromatic N) is 4. The molecule has 2 fully saturated rings. The molecule has 0 atom stereocenters. The van der Waals surface area contributed by atoms with E-state index in [1.54, 1.807) is 10.1 Å². The second kappa shape index (κ2) is 11.3. The number of hydrogen-bond acceptors (Lipinski definition) is 8. The van der Waals surface area contributed by atoms with Crippen LogP contribution in [-0.2, 0) is 19.3 Å². The molecule has 26 heavy (non-hydrogen) atoms. The summed E-state index contributed by atoms with van der Waals surface area (Å²) in [6.45, 7) is 12.7. The van der Waals surface area contributed by atoms with Crippen LogP contribution in [-0.4, -0.2) is 97.3 Å². The summed E-state index contributed by atoms with van der Waals surface area (Å²) in [6, 6.07) is 0. The third-order valence-corrected chi connectivity index (χ3v) is 4.54. The van der Waals surface area contributed by atoms with Gasteiger partial charge in [0.25, 0.3) is 0 Å². The number of carbonyl (C=O) groups excluding carboxylic acids is 2. The molecule has 2 rings (SSSR count). The largest absolute Gasteiger partial charge is 0.364 e. The molecule has 2 heterocycles. The first-order valence-electron chi connectivity index (χ1n) is 9.67. The quantitative estimate of drug-likeness (QED) is 0.575. The summed E-state index contributed by atoms with van der Waals surface area (Å²) >= 11 is 0. The molecule has 2 saturated heterocycles. The van der Waals surface area contributed by atoms with Gasteiger partial charge in [0.15, 0.2) is 0 Å². The minimum absolute atomic E-state index is 0.543. The normalized spacial score (nSPS) is 21.2. The van der Waals surface area contributed by atoms with E-state index < -0.39 is 11.9 Å². The molecule has 0 bridgehead atoms. The van der Waals surface area contributed by atoms with Gasteiger partial charge in [-0.25, -0.2) is 9.59 Å². The zero-order valence-corrected chi connectivity index (χ0v) is 16.1. The molecular weight excluding hydrogens is 336 g/mol. The van der Waals surface area contributed by atoms with Gasteiger partial charge in [-0.3, -0.25) is 0 Å². The molecule has 8 nitrogen and oxygen atoms in total. The molecule has 0 amide bonds. The minimum atomic E-state index is -0.543. The van der Waals surface area contributed by atoms with Crippen molar-refractivity contribution in [2.45, 2.75) is 26.7 Å². The Balaban J connectivity index is 1.62. The first kappa shape index (κ1) is 20.8. The Labute approximate surface area is 156 Å². The van der Waals surface area contributed by atoms with Crippen molar-refractivity contribution in [3.05, 3.63) is 12.2 Å². The standard InChI is InChI=1S/C18H32N4O4/c1-3-7-19-9-13-21(14-10-19)25-17(23)5-6-18(24)26-22-15-11-20(8-4-2)12-16-22/h5-6H,3-4,7-16H2,1-2H3/b6-5+. The fourth-order valence-corrected chi connectivity index (χ4v) is 3.17. The zero-order valence-electron chi connectivity index (χ0n) is 16.1. The third kappa shape index (κ3) is 7.41. The van der Waals surface area contributed by atoms with Crippen LogP contribution in [0.3, 0.4) is 0 Å². The average Bonchev–Trinajstić information content (AvgIpc) is 2.64. The maximum Gasteiger partial charge on any atom is 0.349 e. The van der Waals surface area contributed by atoms with Gasteiger partial charge in [-0.2, -0.15) is 0 Å². The molecule has 0 aromatic rings. The predicted octanol–water partition coefficient (Wildman–Crippen LogP) is 0.514. The summed E-state index contributed by atoms with van der Waals surface area (Å²) in [4.78, 5) is 38.9. The molecule has 0 aromatic heterocycles.